The molecule has 0 saturated carbocycles. The second kappa shape index (κ2) is 8.36. The summed E-state index contributed by atoms with van der Waals surface area (Å²) in [7, 11) is 0. The normalized spacial score (nSPS) is 14.0. The van der Waals surface area contributed by atoms with Gasteiger partial charge in [-0.05, 0) is 54.7 Å². The number of anilines is 2. The molecule has 9 heteroatoms. The quantitative estimate of drug-likeness (QED) is 0.458. The minimum absolute atomic E-state index is 0.0123. The topological polar surface area (TPSA) is 97.0 Å². The van der Waals surface area contributed by atoms with Gasteiger partial charge >= 0.3 is 0 Å². The van der Waals surface area contributed by atoms with E-state index in [9.17, 15) is 14.4 Å². The molecule has 0 radical (unpaired) electrons. The Morgan fingerprint density at radius 2 is 1.64 bits per heavy atom. The number of para-hydroxylation sites is 1. The molecular formula is C24H17N3O5S. The summed E-state index contributed by atoms with van der Waals surface area (Å²) < 4.78 is 11.0. The number of imide groups is 1. The predicted molar refractivity (Wildman–Crippen MR) is 125 cm³/mol. The maximum Gasteiger partial charge on any atom is 0.268 e. The fraction of sp³-hybridized carbons (Fsp3) is 0.0833. The first-order chi connectivity index (χ1) is 16.0. The summed E-state index contributed by atoms with van der Waals surface area (Å²) in [5.74, 6) is -0.282. The Kier molecular flexibility index (Phi) is 5.23. The molecule has 0 fully saturated rings. The molecule has 8 nitrogen and oxygen atoms in total. The van der Waals surface area contributed by atoms with Crippen molar-refractivity contribution < 1.29 is 23.9 Å². The van der Waals surface area contributed by atoms with Gasteiger partial charge in [-0.2, -0.15) is 0 Å². The third kappa shape index (κ3) is 3.79. The summed E-state index contributed by atoms with van der Waals surface area (Å²) in [4.78, 5) is 39.7. The highest BCUT2D eigenvalue weighted by molar-refractivity contribution is 7.80. The Morgan fingerprint density at radius 1 is 0.879 bits per heavy atom. The number of ether oxygens (including phenoxy) is 2. The number of fused-ring (bicyclic) bond motifs is 2. The van der Waals surface area contributed by atoms with Crippen LogP contribution in [0.15, 0.2) is 66.7 Å². The second-order valence-corrected chi connectivity index (χ2v) is 7.68. The first-order valence-corrected chi connectivity index (χ1v) is 10.5. The van der Waals surface area contributed by atoms with Crippen LogP contribution >= 0.6 is 12.2 Å². The predicted octanol–water partition coefficient (Wildman–Crippen LogP) is 3.39. The minimum Gasteiger partial charge on any atom is -0.486 e. The number of amides is 3. The van der Waals surface area contributed by atoms with E-state index >= 15 is 0 Å². The minimum atomic E-state index is -0.467. The van der Waals surface area contributed by atoms with E-state index < -0.39 is 17.7 Å². The van der Waals surface area contributed by atoms with Gasteiger partial charge in [-0.3, -0.25) is 19.7 Å². The highest BCUT2D eigenvalue weighted by Crippen LogP contribution is 2.33. The molecule has 2 aliphatic heterocycles. The third-order valence-corrected chi connectivity index (χ3v) is 5.41. The van der Waals surface area contributed by atoms with Crippen molar-refractivity contribution in [3.63, 3.8) is 0 Å². The number of benzene rings is 3. The molecule has 3 aromatic rings. The SMILES string of the molecule is O=C(NC(=S)Nc1cccc2c1C(=O)N(c1ccccc1)C2=O)c1ccc2c(c1)OCCO2. The molecule has 3 amide bonds. The molecule has 2 N–H and O–H groups in total. The number of rotatable bonds is 3. The largest absolute Gasteiger partial charge is 0.486 e. The van der Waals surface area contributed by atoms with Crippen LogP contribution in [0.25, 0.3) is 0 Å². The molecule has 0 atom stereocenters. The lowest BCUT2D eigenvalue weighted by Gasteiger charge is -2.19. The van der Waals surface area contributed by atoms with Gasteiger partial charge < -0.3 is 14.8 Å². The lowest BCUT2D eigenvalue weighted by Crippen LogP contribution is -2.35. The molecule has 0 bridgehead atoms. The molecule has 0 saturated heterocycles. The number of carbonyl (C=O) groups excluding carboxylic acids is 3. The van der Waals surface area contributed by atoms with Crippen molar-refractivity contribution in [3.05, 3.63) is 83.4 Å². The highest BCUT2D eigenvalue weighted by Gasteiger charge is 2.38. The van der Waals surface area contributed by atoms with E-state index in [4.69, 9.17) is 21.7 Å². The molecule has 0 aliphatic carbocycles. The van der Waals surface area contributed by atoms with Crippen LogP contribution in [0.2, 0.25) is 0 Å². The van der Waals surface area contributed by atoms with Crippen molar-refractivity contribution >= 4 is 46.4 Å². The van der Waals surface area contributed by atoms with E-state index in [1.54, 1.807) is 66.7 Å². The van der Waals surface area contributed by atoms with Gasteiger partial charge in [0.15, 0.2) is 16.6 Å². The molecule has 0 unspecified atom stereocenters. The summed E-state index contributed by atoms with van der Waals surface area (Å²) in [5.41, 5.74) is 1.60. The average molecular weight is 459 g/mol. The molecule has 33 heavy (non-hydrogen) atoms. The van der Waals surface area contributed by atoms with E-state index in [1.807, 2.05) is 0 Å². The van der Waals surface area contributed by atoms with Crippen molar-refractivity contribution in [2.45, 2.75) is 0 Å². The lowest BCUT2D eigenvalue weighted by atomic mass is 10.1. The van der Waals surface area contributed by atoms with Crippen molar-refractivity contribution in [2.24, 2.45) is 0 Å². The Labute approximate surface area is 194 Å². The van der Waals surface area contributed by atoms with Crippen LogP contribution < -0.4 is 25.0 Å². The van der Waals surface area contributed by atoms with Crippen LogP contribution in [0, 0.1) is 0 Å². The molecule has 2 aliphatic rings. The first kappa shape index (κ1) is 20.7. The van der Waals surface area contributed by atoms with Gasteiger partial charge in [0.2, 0.25) is 0 Å². The van der Waals surface area contributed by atoms with Crippen LogP contribution in [0.4, 0.5) is 11.4 Å². The molecular weight excluding hydrogens is 442 g/mol. The summed E-state index contributed by atoms with van der Waals surface area (Å²) >= 11 is 5.29. The van der Waals surface area contributed by atoms with Crippen LogP contribution in [-0.4, -0.2) is 36.0 Å². The molecule has 5 rings (SSSR count). The Bertz CT molecular complexity index is 1310. The smallest absolute Gasteiger partial charge is 0.268 e. The van der Waals surface area contributed by atoms with Crippen LogP contribution in [-0.2, 0) is 0 Å². The van der Waals surface area contributed by atoms with Crippen molar-refractivity contribution in [2.75, 3.05) is 23.4 Å². The number of hydrogen-bond donors (Lipinski definition) is 2. The fourth-order valence-electron chi connectivity index (χ4n) is 3.71. The second-order valence-electron chi connectivity index (χ2n) is 7.28. The summed E-state index contributed by atoms with van der Waals surface area (Å²) in [5, 5.41) is 5.45. The zero-order valence-electron chi connectivity index (χ0n) is 17.2. The van der Waals surface area contributed by atoms with Gasteiger partial charge in [-0.1, -0.05) is 24.3 Å². The Hall–Kier alpha value is -4.24. The average Bonchev–Trinajstić information content (AvgIpc) is 3.09. The van der Waals surface area contributed by atoms with E-state index in [0.717, 1.165) is 4.90 Å². The van der Waals surface area contributed by atoms with E-state index in [0.29, 0.717) is 41.7 Å². The van der Waals surface area contributed by atoms with Crippen molar-refractivity contribution in [1.82, 2.24) is 5.32 Å². The van der Waals surface area contributed by atoms with Gasteiger partial charge in [0, 0.05) is 5.56 Å². The summed E-state index contributed by atoms with van der Waals surface area (Å²) in [6.45, 7) is 0.862. The first-order valence-electron chi connectivity index (χ1n) is 10.1. The monoisotopic (exact) mass is 459 g/mol. The molecule has 2 heterocycles. The van der Waals surface area contributed by atoms with Crippen molar-refractivity contribution in [3.8, 4) is 11.5 Å². The Balaban J connectivity index is 1.34. The molecule has 164 valence electrons. The van der Waals surface area contributed by atoms with Crippen LogP contribution in [0.5, 0.6) is 11.5 Å². The van der Waals surface area contributed by atoms with Gasteiger partial charge in [-0.15, -0.1) is 0 Å². The number of thiocarbonyl (C=S) groups is 1. The maximum absolute atomic E-state index is 13.1. The fourth-order valence-corrected chi connectivity index (χ4v) is 3.92. The van der Waals surface area contributed by atoms with Gasteiger partial charge in [0.05, 0.1) is 22.5 Å². The molecule has 0 aromatic heterocycles. The van der Waals surface area contributed by atoms with Crippen LogP contribution in [0.1, 0.15) is 31.1 Å². The summed E-state index contributed by atoms with van der Waals surface area (Å²) in [6, 6.07) is 18.4. The highest BCUT2D eigenvalue weighted by atomic mass is 32.1. The maximum atomic E-state index is 13.1. The van der Waals surface area contributed by atoms with Gasteiger partial charge in [-0.25, -0.2) is 4.90 Å². The van der Waals surface area contributed by atoms with E-state index in [-0.39, 0.29) is 16.2 Å². The third-order valence-electron chi connectivity index (χ3n) is 5.21. The lowest BCUT2D eigenvalue weighted by molar-refractivity contribution is 0.0924. The number of hydrogen-bond acceptors (Lipinski definition) is 6. The molecule has 3 aromatic carbocycles. The zero-order chi connectivity index (χ0) is 22.9. The standard InChI is InChI=1S/C24H17N3O5S/c28-21(14-9-10-18-19(13-14)32-12-11-31-18)26-24(33)25-17-8-4-7-16-20(17)23(30)27(22(16)29)15-5-2-1-3-6-15/h1-10,13H,11-12H2,(H2,25,26,28,33). The number of nitrogens with one attached hydrogen (secondary N) is 2. The van der Waals surface area contributed by atoms with E-state index in [2.05, 4.69) is 10.6 Å². The molecule has 0 spiro atoms. The van der Waals surface area contributed by atoms with Gasteiger partial charge in [0.25, 0.3) is 17.7 Å². The van der Waals surface area contributed by atoms with Crippen molar-refractivity contribution in [1.29, 1.82) is 0 Å². The van der Waals surface area contributed by atoms with E-state index in [1.165, 1.54) is 0 Å². The Morgan fingerprint density at radius 3 is 2.42 bits per heavy atom. The van der Waals surface area contributed by atoms with Gasteiger partial charge in [0.1, 0.15) is 13.2 Å². The zero-order valence-corrected chi connectivity index (χ0v) is 18.0. The number of nitrogens with zero attached hydrogens (tertiary/aromatic N) is 1. The number of carbonyl (C=O) groups is 3. The summed E-state index contributed by atoms with van der Waals surface area (Å²) in [6.07, 6.45) is 0. The van der Waals surface area contributed by atoms with Crippen LogP contribution in [0.3, 0.4) is 0 Å².